The van der Waals surface area contributed by atoms with Crippen molar-refractivity contribution in [3.8, 4) is 0 Å². The van der Waals surface area contributed by atoms with Crippen LogP contribution in [0.2, 0.25) is 0 Å². The van der Waals surface area contributed by atoms with E-state index in [0.717, 1.165) is 22.0 Å². The Morgan fingerprint density at radius 1 is 1.10 bits per heavy atom. The van der Waals surface area contributed by atoms with Crippen LogP contribution in [0.3, 0.4) is 0 Å². The van der Waals surface area contributed by atoms with Crippen molar-refractivity contribution in [3.63, 3.8) is 0 Å². The molecule has 0 aliphatic heterocycles. The van der Waals surface area contributed by atoms with Gasteiger partial charge in [0.05, 0.1) is 12.2 Å². The standard InChI is InChI=1S/C23H20BrNO3S/c1-2-28-23(27)19-13-29-12-18(19)21-17-6-4-3-5-15(17)11-20(21)25-22(26)14-7-9-16(24)10-8-14/h3-10,12-13,20-21H,2,11H2,1H3,(H,25,26). The number of thiophene rings is 1. The van der Waals surface area contributed by atoms with Crippen LogP contribution in [-0.2, 0) is 11.2 Å². The van der Waals surface area contributed by atoms with Gasteiger partial charge in [0, 0.05) is 27.4 Å². The summed E-state index contributed by atoms with van der Waals surface area (Å²) in [6, 6.07) is 15.3. The van der Waals surface area contributed by atoms with Gasteiger partial charge in [-0.25, -0.2) is 4.79 Å². The lowest BCUT2D eigenvalue weighted by atomic mass is 9.89. The molecule has 6 heteroatoms. The van der Waals surface area contributed by atoms with E-state index in [2.05, 4.69) is 33.4 Å². The molecule has 1 N–H and O–H groups in total. The largest absolute Gasteiger partial charge is 0.462 e. The number of rotatable bonds is 5. The van der Waals surface area contributed by atoms with Gasteiger partial charge in [0.2, 0.25) is 0 Å². The lowest BCUT2D eigenvalue weighted by Crippen LogP contribution is -2.38. The zero-order valence-electron chi connectivity index (χ0n) is 15.9. The van der Waals surface area contributed by atoms with Crippen LogP contribution in [0, 0.1) is 0 Å². The second kappa shape index (κ2) is 8.51. The van der Waals surface area contributed by atoms with Gasteiger partial charge < -0.3 is 10.1 Å². The summed E-state index contributed by atoms with van der Waals surface area (Å²) in [6.45, 7) is 2.13. The smallest absolute Gasteiger partial charge is 0.339 e. The first kappa shape index (κ1) is 19.9. The zero-order chi connectivity index (χ0) is 20.4. The lowest BCUT2D eigenvalue weighted by Gasteiger charge is -2.22. The van der Waals surface area contributed by atoms with E-state index in [9.17, 15) is 9.59 Å². The van der Waals surface area contributed by atoms with Crippen molar-refractivity contribution in [1.82, 2.24) is 5.32 Å². The minimum Gasteiger partial charge on any atom is -0.462 e. The number of carbonyl (C=O) groups is 2. The van der Waals surface area contributed by atoms with E-state index in [-0.39, 0.29) is 23.8 Å². The highest BCUT2D eigenvalue weighted by molar-refractivity contribution is 9.10. The molecule has 0 saturated carbocycles. The topological polar surface area (TPSA) is 55.4 Å². The Kier molecular flexibility index (Phi) is 5.83. The molecule has 2 aromatic carbocycles. The average Bonchev–Trinajstić information content (AvgIpc) is 3.32. The van der Waals surface area contributed by atoms with Crippen LogP contribution in [0.4, 0.5) is 0 Å². The number of hydrogen-bond donors (Lipinski definition) is 1. The summed E-state index contributed by atoms with van der Waals surface area (Å²) < 4.78 is 6.18. The summed E-state index contributed by atoms with van der Waals surface area (Å²) in [5.41, 5.74) is 4.46. The van der Waals surface area contributed by atoms with Gasteiger partial charge in [0.1, 0.15) is 0 Å². The SMILES string of the molecule is CCOC(=O)c1cscc1C1c2ccccc2CC1NC(=O)c1ccc(Br)cc1. The Hall–Kier alpha value is -2.44. The van der Waals surface area contributed by atoms with Crippen LogP contribution < -0.4 is 5.32 Å². The van der Waals surface area contributed by atoms with Crippen LogP contribution in [0.1, 0.15) is 50.2 Å². The summed E-state index contributed by atoms with van der Waals surface area (Å²) in [7, 11) is 0. The molecule has 148 valence electrons. The molecule has 1 heterocycles. The summed E-state index contributed by atoms with van der Waals surface area (Å²) in [4.78, 5) is 25.4. The second-order valence-corrected chi connectivity index (χ2v) is 8.59. The molecule has 29 heavy (non-hydrogen) atoms. The molecular weight excluding hydrogens is 450 g/mol. The van der Waals surface area contributed by atoms with Gasteiger partial charge in [-0.2, -0.15) is 11.3 Å². The fraction of sp³-hybridized carbons (Fsp3) is 0.217. The molecular formula is C23H20BrNO3S. The quantitative estimate of drug-likeness (QED) is 0.524. The molecule has 1 amide bonds. The number of carbonyl (C=O) groups excluding carboxylic acids is 2. The molecule has 0 bridgehead atoms. The molecule has 4 nitrogen and oxygen atoms in total. The van der Waals surface area contributed by atoms with Crippen molar-refractivity contribution in [1.29, 1.82) is 0 Å². The Morgan fingerprint density at radius 3 is 2.62 bits per heavy atom. The molecule has 4 rings (SSSR count). The number of fused-ring (bicyclic) bond motifs is 1. The normalized spacial score (nSPS) is 17.6. The minimum atomic E-state index is -0.314. The number of esters is 1. The molecule has 1 aliphatic carbocycles. The van der Waals surface area contributed by atoms with E-state index >= 15 is 0 Å². The predicted molar refractivity (Wildman–Crippen MR) is 118 cm³/mol. The van der Waals surface area contributed by atoms with Gasteiger partial charge in [0.15, 0.2) is 0 Å². The summed E-state index contributed by atoms with van der Waals surface area (Å²) in [5, 5.41) is 7.03. The predicted octanol–water partition coefficient (Wildman–Crippen LogP) is 5.17. The van der Waals surface area contributed by atoms with Crippen molar-refractivity contribution >= 4 is 39.1 Å². The van der Waals surface area contributed by atoms with E-state index in [1.165, 1.54) is 16.9 Å². The summed E-state index contributed by atoms with van der Waals surface area (Å²) >= 11 is 4.88. The molecule has 0 fully saturated rings. The van der Waals surface area contributed by atoms with Crippen LogP contribution in [0.25, 0.3) is 0 Å². The first-order valence-corrected chi connectivity index (χ1v) is 11.2. The third-order valence-electron chi connectivity index (χ3n) is 5.18. The molecule has 3 aromatic rings. The van der Waals surface area contributed by atoms with E-state index in [0.29, 0.717) is 17.7 Å². The van der Waals surface area contributed by atoms with E-state index in [4.69, 9.17) is 4.74 Å². The van der Waals surface area contributed by atoms with Crippen LogP contribution in [0.5, 0.6) is 0 Å². The van der Waals surface area contributed by atoms with E-state index in [1.54, 1.807) is 19.1 Å². The second-order valence-electron chi connectivity index (χ2n) is 6.93. The van der Waals surface area contributed by atoms with Crippen molar-refractivity contribution < 1.29 is 14.3 Å². The average molecular weight is 470 g/mol. The van der Waals surface area contributed by atoms with Crippen molar-refractivity contribution in [2.75, 3.05) is 6.61 Å². The maximum atomic E-state index is 12.9. The molecule has 0 saturated heterocycles. The highest BCUT2D eigenvalue weighted by Gasteiger charge is 2.37. The van der Waals surface area contributed by atoms with Gasteiger partial charge in [-0.05, 0) is 59.7 Å². The highest BCUT2D eigenvalue weighted by Crippen LogP contribution is 2.41. The fourth-order valence-corrected chi connectivity index (χ4v) is 5.01. The maximum absolute atomic E-state index is 12.9. The molecule has 0 radical (unpaired) electrons. The van der Waals surface area contributed by atoms with Gasteiger partial charge in [-0.3, -0.25) is 4.79 Å². The Labute approximate surface area is 182 Å². The van der Waals surface area contributed by atoms with Gasteiger partial charge in [-0.15, -0.1) is 0 Å². The van der Waals surface area contributed by atoms with Gasteiger partial charge in [0.25, 0.3) is 5.91 Å². The van der Waals surface area contributed by atoms with Gasteiger partial charge >= 0.3 is 5.97 Å². The Balaban J connectivity index is 1.67. The number of nitrogens with one attached hydrogen (secondary N) is 1. The maximum Gasteiger partial charge on any atom is 0.339 e. The number of hydrogen-bond acceptors (Lipinski definition) is 4. The van der Waals surface area contributed by atoms with Crippen molar-refractivity contribution in [2.45, 2.75) is 25.3 Å². The number of amides is 1. The number of halogens is 1. The van der Waals surface area contributed by atoms with Gasteiger partial charge in [-0.1, -0.05) is 40.2 Å². The zero-order valence-corrected chi connectivity index (χ0v) is 18.3. The van der Waals surface area contributed by atoms with Crippen LogP contribution >= 0.6 is 27.3 Å². The first-order valence-electron chi connectivity index (χ1n) is 9.46. The minimum absolute atomic E-state index is 0.0868. The summed E-state index contributed by atoms with van der Waals surface area (Å²) in [6.07, 6.45) is 0.723. The molecule has 2 unspecified atom stereocenters. The van der Waals surface area contributed by atoms with Crippen LogP contribution in [-0.4, -0.2) is 24.5 Å². The molecule has 1 aliphatic rings. The van der Waals surface area contributed by atoms with E-state index < -0.39 is 0 Å². The van der Waals surface area contributed by atoms with Crippen molar-refractivity contribution in [3.05, 3.63) is 91.6 Å². The summed E-state index contributed by atoms with van der Waals surface area (Å²) in [5.74, 6) is -0.518. The third kappa shape index (κ3) is 4.00. The monoisotopic (exact) mass is 469 g/mol. The first-order chi connectivity index (χ1) is 14.1. The van der Waals surface area contributed by atoms with Crippen LogP contribution in [0.15, 0.2) is 63.8 Å². The third-order valence-corrected chi connectivity index (χ3v) is 6.47. The molecule has 0 spiro atoms. The Morgan fingerprint density at radius 2 is 1.86 bits per heavy atom. The van der Waals surface area contributed by atoms with E-state index in [1.807, 2.05) is 35.0 Å². The highest BCUT2D eigenvalue weighted by atomic mass is 79.9. The lowest BCUT2D eigenvalue weighted by molar-refractivity contribution is 0.0525. The number of benzene rings is 2. The van der Waals surface area contributed by atoms with Crippen molar-refractivity contribution in [2.24, 2.45) is 0 Å². The molecule has 1 aromatic heterocycles. The molecule has 2 atom stereocenters. The Bertz CT molecular complexity index is 1040. The number of ether oxygens (including phenoxy) is 1. The fourth-order valence-electron chi connectivity index (χ4n) is 3.89.